The fourth-order valence-corrected chi connectivity index (χ4v) is 3.49. The summed E-state index contributed by atoms with van der Waals surface area (Å²) in [5.41, 5.74) is 2.08. The number of halogens is 2. The molecule has 0 spiro atoms. The van der Waals surface area contributed by atoms with Gasteiger partial charge in [-0.3, -0.25) is 15.0 Å². The summed E-state index contributed by atoms with van der Waals surface area (Å²) in [7, 11) is 3.18. The van der Waals surface area contributed by atoms with Crippen molar-refractivity contribution in [2.24, 2.45) is 5.10 Å². The lowest BCUT2D eigenvalue weighted by Gasteiger charge is -2.14. The summed E-state index contributed by atoms with van der Waals surface area (Å²) < 4.78 is 45.6. The first kappa shape index (κ1) is 52.5. The number of benzene rings is 1. The highest BCUT2D eigenvalue weighted by molar-refractivity contribution is 6.07. The molecule has 1 unspecified atom stereocenters. The van der Waals surface area contributed by atoms with Crippen molar-refractivity contribution in [1.82, 2.24) is 26.3 Å². The molecule has 0 saturated heterocycles. The van der Waals surface area contributed by atoms with Crippen LogP contribution in [0.5, 0.6) is 0 Å². The number of amidine groups is 1. The topological polar surface area (TPSA) is 140 Å². The summed E-state index contributed by atoms with van der Waals surface area (Å²) in [5, 5.41) is 16.0. The molecule has 3 rings (SSSR count). The Hall–Kier alpha value is -4.91. The first-order valence-electron chi connectivity index (χ1n) is 18.0. The van der Waals surface area contributed by atoms with Crippen LogP contribution in [0.4, 0.5) is 8.78 Å². The quantitative estimate of drug-likeness (QED) is 0.0434. The molecule has 1 aromatic heterocycles. The molecule has 0 fully saturated rings. The number of hydrogen-bond acceptors (Lipinski definition) is 9. The molecule has 0 saturated carbocycles. The first-order valence-corrected chi connectivity index (χ1v) is 18.0. The van der Waals surface area contributed by atoms with E-state index < -0.39 is 29.2 Å². The van der Waals surface area contributed by atoms with Crippen molar-refractivity contribution >= 4 is 18.2 Å². The van der Waals surface area contributed by atoms with Gasteiger partial charge in [-0.2, -0.15) is 13.9 Å². The van der Waals surface area contributed by atoms with E-state index in [2.05, 4.69) is 62.2 Å². The maximum Gasteiger partial charge on any atom is 0.349 e. The maximum absolute atomic E-state index is 15.1. The molecule has 2 amide bonds. The van der Waals surface area contributed by atoms with Crippen molar-refractivity contribution in [1.29, 1.82) is 0 Å². The van der Waals surface area contributed by atoms with E-state index in [0.717, 1.165) is 12.1 Å². The molecule has 0 radical (unpaired) electrons. The fourth-order valence-electron chi connectivity index (χ4n) is 3.49. The molecule has 1 aromatic carbocycles. The Labute approximate surface area is 316 Å². The van der Waals surface area contributed by atoms with Crippen molar-refractivity contribution < 1.29 is 32.3 Å². The average molecular weight is 747 g/mol. The van der Waals surface area contributed by atoms with Crippen LogP contribution in [-0.4, -0.2) is 55.2 Å². The summed E-state index contributed by atoms with van der Waals surface area (Å²) in [5.74, 6) is -5.04. The van der Waals surface area contributed by atoms with Gasteiger partial charge in [-0.25, -0.2) is 0 Å². The Kier molecular flexibility index (Phi) is 33.8. The summed E-state index contributed by atoms with van der Waals surface area (Å²) in [4.78, 5) is 23.0. The number of nitrogens with one attached hydrogen (secondary N) is 3. The van der Waals surface area contributed by atoms with E-state index in [1.54, 1.807) is 20.1 Å². The number of alkyl halides is 2. The smallest absolute Gasteiger partial charge is 0.349 e. The van der Waals surface area contributed by atoms with Crippen LogP contribution in [0, 0.1) is 0 Å². The number of nitrogens with zero attached hydrogens (tertiary/aromatic N) is 3. The molecule has 13 heteroatoms. The van der Waals surface area contributed by atoms with E-state index >= 15 is 8.78 Å². The minimum atomic E-state index is -3.60. The monoisotopic (exact) mass is 746 g/mol. The van der Waals surface area contributed by atoms with Crippen LogP contribution in [0.1, 0.15) is 122 Å². The number of ether oxygens (including phenoxy) is 2. The predicted octanol–water partition coefficient (Wildman–Crippen LogP) is 9.34. The number of hydrazone groups is 1. The highest BCUT2D eigenvalue weighted by Gasteiger charge is 2.41. The van der Waals surface area contributed by atoms with Gasteiger partial charge in [-0.1, -0.05) is 96.7 Å². The number of hydrogen-bond donors (Lipinski definition) is 3. The van der Waals surface area contributed by atoms with Crippen molar-refractivity contribution in [2.45, 2.75) is 106 Å². The lowest BCUT2D eigenvalue weighted by atomic mass is 10.1. The van der Waals surface area contributed by atoms with Crippen molar-refractivity contribution in [3.05, 3.63) is 108 Å². The average Bonchev–Trinajstić information content (AvgIpc) is 3.72. The van der Waals surface area contributed by atoms with E-state index in [0.29, 0.717) is 24.7 Å². The highest BCUT2D eigenvalue weighted by atomic mass is 19.3. The Morgan fingerprint density at radius 1 is 1.02 bits per heavy atom. The summed E-state index contributed by atoms with van der Waals surface area (Å²) in [6, 6.07) is 4.61. The molecular weight excluding hydrogens is 682 g/mol. The van der Waals surface area contributed by atoms with Gasteiger partial charge in [0.2, 0.25) is 12.3 Å². The molecule has 1 aliphatic rings. The second kappa shape index (κ2) is 34.2. The van der Waals surface area contributed by atoms with Crippen LogP contribution in [-0.2, 0) is 20.2 Å². The van der Waals surface area contributed by atoms with Gasteiger partial charge in [0.1, 0.15) is 11.6 Å². The Balaban J connectivity index is -0.00000122. The summed E-state index contributed by atoms with van der Waals surface area (Å²) >= 11 is 0. The number of allylic oxidation sites excluding steroid dienone is 8. The summed E-state index contributed by atoms with van der Waals surface area (Å²) in [6.45, 7) is 23.0. The van der Waals surface area contributed by atoms with Crippen LogP contribution < -0.4 is 16.1 Å². The lowest BCUT2D eigenvalue weighted by Crippen LogP contribution is -2.38. The molecule has 0 aliphatic heterocycles. The van der Waals surface area contributed by atoms with E-state index in [1.807, 2.05) is 74.5 Å². The lowest BCUT2D eigenvalue weighted by molar-refractivity contribution is -0.109. The molecule has 3 N–H and O–H groups in total. The zero-order valence-electron chi connectivity index (χ0n) is 33.8. The van der Waals surface area contributed by atoms with E-state index in [9.17, 15) is 9.59 Å². The zero-order chi connectivity index (χ0) is 41.1. The maximum atomic E-state index is 15.1. The largest absolute Gasteiger partial charge is 0.501 e. The van der Waals surface area contributed by atoms with E-state index in [4.69, 9.17) is 13.9 Å². The third-order valence-corrected chi connectivity index (χ3v) is 6.20. The molecular formula is C40H64F2N6O5. The number of carbonyl (C=O) groups excluding carboxylic acids is 2. The predicted molar refractivity (Wildman–Crippen MR) is 213 cm³/mol. The van der Waals surface area contributed by atoms with Crippen LogP contribution in [0.3, 0.4) is 0 Å². The molecule has 1 heterocycles. The minimum absolute atomic E-state index is 0.0156. The Bertz CT molecular complexity index is 1370. The second-order valence-electron chi connectivity index (χ2n) is 10.00. The number of carbonyl (C=O) groups is 2. The van der Waals surface area contributed by atoms with E-state index in [-0.39, 0.29) is 23.8 Å². The van der Waals surface area contributed by atoms with Crippen LogP contribution in [0.2, 0.25) is 0 Å². The van der Waals surface area contributed by atoms with Gasteiger partial charge in [-0.15, -0.1) is 10.2 Å². The van der Waals surface area contributed by atoms with Gasteiger partial charge in [0.15, 0.2) is 0 Å². The van der Waals surface area contributed by atoms with Gasteiger partial charge in [-0.05, 0) is 65.2 Å². The van der Waals surface area contributed by atoms with Gasteiger partial charge in [0.25, 0.3) is 11.8 Å². The first-order chi connectivity index (χ1) is 25.5. The summed E-state index contributed by atoms with van der Waals surface area (Å²) in [6.07, 6.45) is 19.3. The van der Waals surface area contributed by atoms with Gasteiger partial charge in [0.05, 0.1) is 25.7 Å². The Morgan fingerprint density at radius 3 is 2.02 bits per heavy atom. The van der Waals surface area contributed by atoms with Gasteiger partial charge >= 0.3 is 5.92 Å². The standard InChI is InChI=1S/C24H28F2N6O4.C6H8.C4H10O.3C2H6/c1-5-7-8-9-19(35-4)16(3)22-31-32-23(36-22)24(25,26)18-12-10-17(11-13-18)21(34)29-20(14-27-15-33)30-28-6-2;1-2-4-6-5-3-1;1-4(2)5-3;3*1-2/h5-7,9-13,15-16,28H,2,8,14H2,1,3-4H3,(H,27,33)(H,29,30,34);1-4H,5-6H2;4H,1-3H3;3*1-2H3/b7-5-,19-9+;;;;;. The van der Waals surface area contributed by atoms with Crippen LogP contribution >= 0.6 is 0 Å². The number of rotatable bonds is 14. The van der Waals surface area contributed by atoms with Crippen molar-refractivity contribution in [2.75, 3.05) is 20.8 Å². The van der Waals surface area contributed by atoms with Gasteiger partial charge in [0, 0.05) is 24.4 Å². The van der Waals surface area contributed by atoms with Gasteiger partial charge < -0.3 is 24.5 Å². The molecule has 0 bridgehead atoms. The Morgan fingerprint density at radius 2 is 1.58 bits per heavy atom. The van der Waals surface area contributed by atoms with Crippen LogP contribution in [0.15, 0.2) is 94.9 Å². The third kappa shape index (κ3) is 22.6. The molecule has 11 nitrogen and oxygen atoms in total. The van der Waals surface area contributed by atoms with E-state index in [1.165, 1.54) is 38.3 Å². The number of amides is 2. The zero-order valence-corrected chi connectivity index (χ0v) is 33.8. The van der Waals surface area contributed by atoms with Crippen molar-refractivity contribution in [3.8, 4) is 0 Å². The second-order valence-corrected chi connectivity index (χ2v) is 10.00. The molecule has 1 aliphatic carbocycles. The third-order valence-electron chi connectivity index (χ3n) is 6.20. The molecule has 2 aromatic rings. The molecule has 53 heavy (non-hydrogen) atoms. The van der Waals surface area contributed by atoms with Crippen molar-refractivity contribution in [3.63, 3.8) is 0 Å². The number of aromatic nitrogens is 2. The van der Waals surface area contributed by atoms with Crippen LogP contribution in [0.25, 0.3) is 0 Å². The normalized spacial score (nSPS) is 12.4. The highest BCUT2D eigenvalue weighted by Crippen LogP contribution is 2.36. The molecule has 1 atom stereocenters. The number of methoxy groups -OCH3 is 2. The SMILES string of the molecule is C1=CCCC=C1.C=CN/N=C(\CNC=O)NC(=O)c1ccc(C(F)(F)c2nnc(C(C)/C(=C\C/C=C\C)OC)o2)cc1.CC.CC.CC.COC(C)C. The fraction of sp³-hybridized carbons (Fsp3) is 0.475. The molecule has 298 valence electrons. The minimum Gasteiger partial charge on any atom is -0.501 e.